The minimum atomic E-state index is -0.335. The summed E-state index contributed by atoms with van der Waals surface area (Å²) in [7, 11) is 3.42. The average molecular weight is 322 g/mol. The number of ether oxygens (including phenoxy) is 1. The number of methoxy groups -OCH3 is 1. The van der Waals surface area contributed by atoms with Crippen molar-refractivity contribution in [3.63, 3.8) is 0 Å². The SMILES string of the molecule is COC(=O)c1cccc2c1Nc1c(CC=C(C)C)cccc1N2C. The first kappa shape index (κ1) is 16.1. The normalized spacial score (nSPS) is 11.9. The van der Waals surface area contributed by atoms with Crippen LogP contribution >= 0.6 is 0 Å². The summed E-state index contributed by atoms with van der Waals surface area (Å²) >= 11 is 0. The number of anilines is 4. The molecule has 1 heterocycles. The van der Waals surface area contributed by atoms with Gasteiger partial charge in [-0.05, 0) is 44.0 Å². The Morgan fingerprint density at radius 3 is 2.46 bits per heavy atom. The van der Waals surface area contributed by atoms with E-state index in [0.717, 1.165) is 29.2 Å². The Labute approximate surface area is 142 Å². The maximum atomic E-state index is 12.1. The fourth-order valence-electron chi connectivity index (χ4n) is 2.98. The summed E-state index contributed by atoms with van der Waals surface area (Å²) < 4.78 is 4.93. The average Bonchev–Trinajstić information content (AvgIpc) is 2.59. The highest BCUT2D eigenvalue weighted by molar-refractivity contribution is 6.04. The molecular weight excluding hydrogens is 300 g/mol. The Balaban J connectivity index is 2.11. The van der Waals surface area contributed by atoms with Gasteiger partial charge >= 0.3 is 5.97 Å². The highest BCUT2D eigenvalue weighted by Crippen LogP contribution is 2.45. The lowest BCUT2D eigenvalue weighted by Gasteiger charge is -2.33. The van der Waals surface area contributed by atoms with Crippen LogP contribution in [0, 0.1) is 0 Å². The monoisotopic (exact) mass is 322 g/mol. The zero-order valence-electron chi connectivity index (χ0n) is 14.5. The van der Waals surface area contributed by atoms with Crippen LogP contribution < -0.4 is 10.2 Å². The van der Waals surface area contributed by atoms with Gasteiger partial charge in [0.15, 0.2) is 0 Å². The van der Waals surface area contributed by atoms with E-state index in [1.165, 1.54) is 18.2 Å². The van der Waals surface area contributed by atoms with Crippen LogP contribution in [-0.2, 0) is 11.2 Å². The Kier molecular flexibility index (Phi) is 4.30. The molecule has 2 aromatic carbocycles. The number of nitrogens with one attached hydrogen (secondary N) is 1. The van der Waals surface area contributed by atoms with E-state index >= 15 is 0 Å². The van der Waals surface area contributed by atoms with Crippen molar-refractivity contribution in [1.82, 2.24) is 0 Å². The number of allylic oxidation sites excluding steroid dienone is 2. The van der Waals surface area contributed by atoms with Crippen molar-refractivity contribution in [2.75, 3.05) is 24.4 Å². The molecule has 1 aliphatic heterocycles. The first-order valence-corrected chi connectivity index (χ1v) is 8.00. The maximum absolute atomic E-state index is 12.1. The molecule has 4 nitrogen and oxygen atoms in total. The van der Waals surface area contributed by atoms with Gasteiger partial charge in [0.1, 0.15) is 0 Å². The van der Waals surface area contributed by atoms with Gasteiger partial charge in [-0.3, -0.25) is 0 Å². The van der Waals surface area contributed by atoms with Crippen LogP contribution in [0.25, 0.3) is 0 Å². The van der Waals surface area contributed by atoms with Gasteiger partial charge in [-0.25, -0.2) is 4.79 Å². The zero-order chi connectivity index (χ0) is 17.3. The summed E-state index contributed by atoms with van der Waals surface area (Å²) in [6, 6.07) is 11.9. The highest BCUT2D eigenvalue weighted by atomic mass is 16.5. The number of fused-ring (bicyclic) bond motifs is 2. The third kappa shape index (κ3) is 2.75. The van der Waals surface area contributed by atoms with Gasteiger partial charge in [0.25, 0.3) is 0 Å². The zero-order valence-corrected chi connectivity index (χ0v) is 14.5. The molecule has 0 saturated carbocycles. The fourth-order valence-corrected chi connectivity index (χ4v) is 2.98. The van der Waals surface area contributed by atoms with Gasteiger partial charge in [0, 0.05) is 7.05 Å². The first-order valence-electron chi connectivity index (χ1n) is 8.00. The lowest BCUT2D eigenvalue weighted by molar-refractivity contribution is 0.0602. The minimum absolute atomic E-state index is 0.335. The quantitative estimate of drug-likeness (QED) is 0.650. The summed E-state index contributed by atoms with van der Waals surface area (Å²) in [6.07, 6.45) is 3.06. The van der Waals surface area contributed by atoms with Crippen molar-refractivity contribution >= 4 is 28.7 Å². The van der Waals surface area contributed by atoms with Crippen LogP contribution in [0.3, 0.4) is 0 Å². The van der Waals surface area contributed by atoms with Crippen LogP contribution in [0.15, 0.2) is 48.0 Å². The van der Waals surface area contributed by atoms with Crippen molar-refractivity contribution in [2.24, 2.45) is 0 Å². The standard InChI is InChI=1S/C20H22N2O2/c1-13(2)11-12-14-7-5-9-16-18(14)21-19-15(20(23)24-4)8-6-10-17(19)22(16)3/h5-11,21H,12H2,1-4H3. The molecular formula is C20H22N2O2. The Hall–Kier alpha value is -2.75. The van der Waals surface area contributed by atoms with Crippen molar-refractivity contribution in [2.45, 2.75) is 20.3 Å². The molecule has 0 radical (unpaired) electrons. The van der Waals surface area contributed by atoms with E-state index < -0.39 is 0 Å². The van der Waals surface area contributed by atoms with Crippen molar-refractivity contribution in [3.05, 3.63) is 59.2 Å². The second-order valence-electron chi connectivity index (χ2n) is 6.17. The second kappa shape index (κ2) is 6.40. The topological polar surface area (TPSA) is 41.6 Å². The van der Waals surface area contributed by atoms with Crippen molar-refractivity contribution in [1.29, 1.82) is 0 Å². The summed E-state index contributed by atoms with van der Waals surface area (Å²) in [5, 5.41) is 3.48. The molecule has 4 heteroatoms. The Morgan fingerprint density at radius 2 is 1.79 bits per heavy atom. The predicted octanol–water partition coefficient (Wildman–Crippen LogP) is 4.81. The molecule has 0 amide bonds. The van der Waals surface area contributed by atoms with Gasteiger partial charge in [-0.2, -0.15) is 0 Å². The van der Waals surface area contributed by atoms with E-state index in [-0.39, 0.29) is 5.97 Å². The minimum Gasteiger partial charge on any atom is -0.465 e. The molecule has 0 unspecified atom stereocenters. The summed E-state index contributed by atoms with van der Waals surface area (Å²) in [5.74, 6) is -0.335. The summed E-state index contributed by atoms with van der Waals surface area (Å²) in [6.45, 7) is 4.19. The molecule has 1 aliphatic rings. The number of rotatable bonds is 3. The molecule has 0 spiro atoms. The molecule has 3 rings (SSSR count). The number of carbonyl (C=O) groups excluding carboxylic acids is 1. The summed E-state index contributed by atoms with van der Waals surface area (Å²) in [4.78, 5) is 14.2. The van der Waals surface area contributed by atoms with E-state index in [9.17, 15) is 4.79 Å². The molecule has 124 valence electrons. The fraction of sp³-hybridized carbons (Fsp3) is 0.250. The van der Waals surface area contributed by atoms with Crippen LogP contribution in [0.5, 0.6) is 0 Å². The predicted molar refractivity (Wildman–Crippen MR) is 98.7 cm³/mol. The van der Waals surface area contributed by atoms with Crippen LogP contribution in [0.1, 0.15) is 29.8 Å². The lowest BCUT2D eigenvalue weighted by atomic mass is 10.0. The molecule has 0 fully saturated rings. The second-order valence-corrected chi connectivity index (χ2v) is 6.17. The van der Waals surface area contributed by atoms with E-state index in [4.69, 9.17) is 4.74 Å². The van der Waals surface area contributed by atoms with E-state index in [2.05, 4.69) is 48.3 Å². The van der Waals surface area contributed by atoms with Gasteiger partial charge in [-0.15, -0.1) is 0 Å². The molecule has 0 saturated heterocycles. The van der Waals surface area contributed by atoms with Crippen LogP contribution in [0.2, 0.25) is 0 Å². The summed E-state index contributed by atoms with van der Waals surface area (Å²) in [5.41, 5.74) is 6.93. The van der Waals surface area contributed by atoms with E-state index in [0.29, 0.717) is 5.56 Å². The lowest BCUT2D eigenvalue weighted by Crippen LogP contribution is -2.21. The van der Waals surface area contributed by atoms with Gasteiger partial charge in [0.2, 0.25) is 0 Å². The van der Waals surface area contributed by atoms with Crippen LogP contribution in [0.4, 0.5) is 22.7 Å². The number of hydrogen-bond donors (Lipinski definition) is 1. The molecule has 0 aromatic heterocycles. The number of benzene rings is 2. The van der Waals surface area contributed by atoms with E-state index in [1.807, 2.05) is 19.2 Å². The van der Waals surface area contributed by atoms with Gasteiger partial charge in [0.05, 0.1) is 35.4 Å². The van der Waals surface area contributed by atoms with E-state index in [1.54, 1.807) is 6.07 Å². The van der Waals surface area contributed by atoms with Gasteiger partial charge < -0.3 is 15.0 Å². The Bertz CT molecular complexity index is 820. The number of hydrogen-bond acceptors (Lipinski definition) is 4. The largest absolute Gasteiger partial charge is 0.465 e. The third-order valence-corrected chi connectivity index (χ3v) is 4.28. The molecule has 1 N–H and O–H groups in total. The van der Waals surface area contributed by atoms with Crippen molar-refractivity contribution in [3.8, 4) is 0 Å². The molecule has 24 heavy (non-hydrogen) atoms. The number of carbonyl (C=O) groups is 1. The van der Waals surface area contributed by atoms with Crippen molar-refractivity contribution < 1.29 is 9.53 Å². The molecule has 2 aromatic rings. The highest BCUT2D eigenvalue weighted by Gasteiger charge is 2.25. The number of para-hydroxylation sites is 2. The molecule has 0 atom stereocenters. The first-order chi connectivity index (χ1) is 11.5. The number of esters is 1. The molecule has 0 bridgehead atoms. The Morgan fingerprint density at radius 1 is 1.12 bits per heavy atom. The number of nitrogens with zero attached hydrogens (tertiary/aromatic N) is 1. The van der Waals surface area contributed by atoms with Gasteiger partial charge in [-0.1, -0.05) is 29.8 Å². The molecule has 0 aliphatic carbocycles. The third-order valence-electron chi connectivity index (χ3n) is 4.28. The maximum Gasteiger partial charge on any atom is 0.340 e. The van der Waals surface area contributed by atoms with Crippen LogP contribution in [-0.4, -0.2) is 20.1 Å². The smallest absolute Gasteiger partial charge is 0.340 e.